The van der Waals surface area contributed by atoms with Crippen molar-refractivity contribution < 1.29 is 4.42 Å². The summed E-state index contributed by atoms with van der Waals surface area (Å²) in [6.45, 7) is 0.868. The standard InChI is InChI=1S/C12H10N6OS/c1-2-20-9(8-3-13-7-19-8)4-18(1)12-10-11(15-5-14-10)16-6-17-12/h3-7H,1-2H2,(H,14,15,16,17). The molecule has 0 saturated heterocycles. The summed E-state index contributed by atoms with van der Waals surface area (Å²) in [5, 5.41) is 0. The molecule has 0 amide bonds. The van der Waals surface area contributed by atoms with Gasteiger partial charge in [0.1, 0.15) is 11.8 Å². The van der Waals surface area contributed by atoms with E-state index in [0.717, 1.165) is 34.3 Å². The van der Waals surface area contributed by atoms with Crippen molar-refractivity contribution in [3.05, 3.63) is 37.2 Å². The highest BCUT2D eigenvalue weighted by Gasteiger charge is 2.19. The van der Waals surface area contributed by atoms with E-state index in [9.17, 15) is 0 Å². The van der Waals surface area contributed by atoms with Crippen LogP contribution in [-0.2, 0) is 0 Å². The lowest BCUT2D eigenvalue weighted by molar-refractivity contribution is 0.547. The number of nitrogens with zero attached hydrogens (tertiary/aromatic N) is 5. The minimum absolute atomic E-state index is 0.669. The largest absolute Gasteiger partial charge is 0.443 e. The summed E-state index contributed by atoms with van der Waals surface area (Å²) in [6, 6.07) is 0. The molecule has 20 heavy (non-hydrogen) atoms. The molecule has 8 heteroatoms. The fraction of sp³-hybridized carbons (Fsp3) is 0.167. The lowest BCUT2D eigenvalue weighted by Gasteiger charge is -2.24. The number of thioether (sulfide) groups is 1. The normalized spacial score (nSPS) is 15.6. The molecular weight excluding hydrogens is 276 g/mol. The third-order valence-electron chi connectivity index (χ3n) is 3.01. The fourth-order valence-electron chi connectivity index (χ4n) is 2.11. The predicted octanol–water partition coefficient (Wildman–Crippen LogP) is 1.89. The van der Waals surface area contributed by atoms with Gasteiger partial charge >= 0.3 is 0 Å². The van der Waals surface area contributed by atoms with E-state index in [1.807, 2.05) is 6.20 Å². The molecule has 1 N–H and O–H groups in total. The van der Waals surface area contributed by atoms with Gasteiger partial charge in [-0.3, -0.25) is 0 Å². The van der Waals surface area contributed by atoms with Crippen molar-refractivity contribution in [2.75, 3.05) is 17.2 Å². The number of oxazole rings is 1. The molecule has 3 aromatic heterocycles. The van der Waals surface area contributed by atoms with Gasteiger partial charge in [0.15, 0.2) is 23.6 Å². The highest BCUT2D eigenvalue weighted by Crippen LogP contribution is 2.33. The Morgan fingerprint density at radius 3 is 3.20 bits per heavy atom. The predicted molar refractivity (Wildman–Crippen MR) is 76.0 cm³/mol. The number of anilines is 1. The summed E-state index contributed by atoms with van der Waals surface area (Å²) >= 11 is 1.74. The lowest BCUT2D eigenvalue weighted by Crippen LogP contribution is -2.24. The average Bonchev–Trinajstić information content (AvgIpc) is 3.18. The van der Waals surface area contributed by atoms with E-state index < -0.39 is 0 Å². The van der Waals surface area contributed by atoms with Crippen LogP contribution < -0.4 is 4.90 Å². The minimum atomic E-state index is 0.669. The number of H-pyrrole nitrogens is 1. The molecule has 1 aliphatic rings. The van der Waals surface area contributed by atoms with Gasteiger partial charge in [-0.25, -0.2) is 19.9 Å². The first kappa shape index (κ1) is 11.5. The third kappa shape index (κ3) is 1.85. The quantitative estimate of drug-likeness (QED) is 0.770. The number of nitrogens with one attached hydrogen (secondary N) is 1. The van der Waals surface area contributed by atoms with Crippen molar-refractivity contribution in [3.63, 3.8) is 0 Å². The van der Waals surface area contributed by atoms with Crippen LogP contribution in [0.2, 0.25) is 0 Å². The first-order valence-corrected chi connectivity index (χ1v) is 7.04. The molecule has 1 aliphatic heterocycles. The molecule has 0 atom stereocenters. The van der Waals surface area contributed by atoms with Crippen molar-refractivity contribution in [3.8, 4) is 0 Å². The molecule has 0 fully saturated rings. The number of hydrogen-bond donors (Lipinski definition) is 1. The Hall–Kier alpha value is -2.35. The number of hydrogen-bond acceptors (Lipinski definition) is 7. The van der Waals surface area contributed by atoms with Crippen LogP contribution in [0.4, 0.5) is 5.82 Å². The van der Waals surface area contributed by atoms with Crippen LogP contribution in [-0.4, -0.2) is 37.2 Å². The zero-order chi connectivity index (χ0) is 13.4. The molecule has 4 rings (SSSR count). The molecular formula is C12H10N6OS. The van der Waals surface area contributed by atoms with Crippen molar-refractivity contribution >= 4 is 33.6 Å². The average molecular weight is 286 g/mol. The van der Waals surface area contributed by atoms with E-state index in [2.05, 4.69) is 29.8 Å². The maximum atomic E-state index is 5.35. The maximum absolute atomic E-state index is 5.35. The monoisotopic (exact) mass is 286 g/mol. The van der Waals surface area contributed by atoms with Gasteiger partial charge in [-0.1, -0.05) is 0 Å². The maximum Gasteiger partial charge on any atom is 0.182 e. The van der Waals surface area contributed by atoms with Gasteiger partial charge in [-0.15, -0.1) is 11.8 Å². The van der Waals surface area contributed by atoms with Crippen LogP contribution in [0.15, 0.2) is 35.9 Å². The second-order valence-corrected chi connectivity index (χ2v) is 5.34. The second kappa shape index (κ2) is 4.64. The number of imidazole rings is 1. The Labute approximate surface area is 118 Å². The van der Waals surface area contributed by atoms with E-state index in [4.69, 9.17) is 4.42 Å². The topological polar surface area (TPSA) is 83.7 Å². The Kier molecular flexibility index (Phi) is 2.66. The molecule has 100 valence electrons. The second-order valence-electron chi connectivity index (χ2n) is 4.20. The highest BCUT2D eigenvalue weighted by atomic mass is 32.2. The SMILES string of the molecule is C1=C(c2cnco2)SCCN1c1ncnc2nc[nH]c12. The lowest BCUT2D eigenvalue weighted by atomic mass is 10.4. The van der Waals surface area contributed by atoms with Crippen molar-refractivity contribution in [2.24, 2.45) is 0 Å². The van der Waals surface area contributed by atoms with Crippen LogP contribution in [0.5, 0.6) is 0 Å². The van der Waals surface area contributed by atoms with E-state index in [1.165, 1.54) is 12.7 Å². The molecule has 0 radical (unpaired) electrons. The van der Waals surface area contributed by atoms with Crippen molar-refractivity contribution in [1.29, 1.82) is 0 Å². The smallest absolute Gasteiger partial charge is 0.182 e. The summed E-state index contributed by atoms with van der Waals surface area (Å²) in [6.07, 6.45) is 8.34. The Balaban J connectivity index is 1.78. The summed E-state index contributed by atoms with van der Waals surface area (Å²) in [7, 11) is 0. The van der Waals surface area contributed by atoms with Crippen LogP contribution in [0.25, 0.3) is 16.1 Å². The number of aromatic nitrogens is 5. The van der Waals surface area contributed by atoms with Crippen LogP contribution >= 0.6 is 11.8 Å². The zero-order valence-corrected chi connectivity index (χ0v) is 11.2. The summed E-state index contributed by atoms with van der Waals surface area (Å²) in [5.41, 5.74) is 1.51. The molecule has 7 nitrogen and oxygen atoms in total. The van der Waals surface area contributed by atoms with E-state index >= 15 is 0 Å². The number of rotatable bonds is 2. The van der Waals surface area contributed by atoms with Crippen LogP contribution in [0, 0.1) is 0 Å². The van der Waals surface area contributed by atoms with E-state index in [-0.39, 0.29) is 0 Å². The van der Waals surface area contributed by atoms with Crippen molar-refractivity contribution in [1.82, 2.24) is 24.9 Å². The molecule has 3 aromatic rings. The molecule has 0 bridgehead atoms. The molecule has 4 heterocycles. The first-order valence-electron chi connectivity index (χ1n) is 6.06. The first-order chi connectivity index (χ1) is 9.92. The minimum Gasteiger partial charge on any atom is -0.443 e. The van der Waals surface area contributed by atoms with Gasteiger partial charge in [-0.05, 0) is 0 Å². The zero-order valence-electron chi connectivity index (χ0n) is 10.4. The fourth-order valence-corrected chi connectivity index (χ4v) is 3.06. The Bertz CT molecular complexity index is 765. The van der Waals surface area contributed by atoms with Crippen LogP contribution in [0.1, 0.15) is 5.76 Å². The van der Waals surface area contributed by atoms with E-state index in [1.54, 1.807) is 24.3 Å². The molecule has 0 spiro atoms. The molecule has 0 aliphatic carbocycles. The number of fused-ring (bicyclic) bond motifs is 1. The Morgan fingerprint density at radius 2 is 2.30 bits per heavy atom. The summed E-state index contributed by atoms with van der Waals surface area (Å²) in [5.74, 6) is 2.55. The van der Waals surface area contributed by atoms with Gasteiger partial charge in [0.05, 0.1) is 17.4 Å². The van der Waals surface area contributed by atoms with Crippen molar-refractivity contribution in [2.45, 2.75) is 0 Å². The van der Waals surface area contributed by atoms with Gasteiger partial charge in [0.2, 0.25) is 0 Å². The molecule has 0 aromatic carbocycles. The highest BCUT2D eigenvalue weighted by molar-refractivity contribution is 8.08. The molecule has 0 unspecified atom stereocenters. The summed E-state index contributed by atoms with van der Waals surface area (Å²) < 4.78 is 5.35. The Morgan fingerprint density at radius 1 is 1.30 bits per heavy atom. The van der Waals surface area contributed by atoms with Gasteiger partial charge < -0.3 is 14.3 Å². The van der Waals surface area contributed by atoms with Gasteiger partial charge in [0.25, 0.3) is 0 Å². The van der Waals surface area contributed by atoms with Crippen LogP contribution in [0.3, 0.4) is 0 Å². The summed E-state index contributed by atoms with van der Waals surface area (Å²) in [4.78, 5) is 22.8. The third-order valence-corrected chi connectivity index (χ3v) is 4.02. The van der Waals surface area contributed by atoms with Gasteiger partial charge in [-0.2, -0.15) is 0 Å². The number of aromatic amines is 1. The van der Waals surface area contributed by atoms with Gasteiger partial charge in [0, 0.05) is 18.5 Å². The molecule has 0 saturated carbocycles. The van der Waals surface area contributed by atoms with E-state index in [0.29, 0.717) is 5.65 Å².